The number of nitrogens with zero attached hydrogens (tertiary/aromatic N) is 3. The third-order valence-corrected chi connectivity index (χ3v) is 9.38. The lowest BCUT2D eigenvalue weighted by atomic mass is 9.80. The highest BCUT2D eigenvalue weighted by Gasteiger charge is 2.57. The van der Waals surface area contributed by atoms with Crippen LogP contribution in [0.25, 0.3) is 0 Å². The molecule has 3 aliphatic heterocycles. The molecule has 4 atom stereocenters. The summed E-state index contributed by atoms with van der Waals surface area (Å²) < 4.78 is 14.7. The van der Waals surface area contributed by atoms with Crippen LogP contribution in [0.4, 0.5) is 15.8 Å². The van der Waals surface area contributed by atoms with E-state index in [9.17, 15) is 28.8 Å². The summed E-state index contributed by atoms with van der Waals surface area (Å²) in [6.45, 7) is 5.81. The summed E-state index contributed by atoms with van der Waals surface area (Å²) in [5, 5.41) is 16.0. The largest absolute Gasteiger partial charge is 0.344 e. The number of hydrogen-bond donors (Lipinski definition) is 2. The number of amides is 4. The number of anilines is 2. The van der Waals surface area contributed by atoms with Gasteiger partial charge in [-0.2, -0.15) is 5.26 Å². The molecule has 1 saturated heterocycles. The normalized spacial score (nSPS) is 25.5. The third kappa shape index (κ3) is 4.94. The van der Waals surface area contributed by atoms with Gasteiger partial charge in [-0.1, -0.05) is 51.5 Å². The minimum Gasteiger partial charge on any atom is -0.344 e. The summed E-state index contributed by atoms with van der Waals surface area (Å²) in [5.74, 6) is -2.11. The molecule has 2 aromatic rings. The molecule has 2 N–H and O–H groups in total. The van der Waals surface area contributed by atoms with Crippen molar-refractivity contribution in [2.75, 3.05) is 16.8 Å². The number of para-hydroxylation sites is 1. The van der Waals surface area contributed by atoms with Gasteiger partial charge in [0.1, 0.15) is 23.9 Å². The third-order valence-electron chi connectivity index (χ3n) is 9.38. The van der Waals surface area contributed by atoms with Gasteiger partial charge in [0.15, 0.2) is 0 Å². The maximum atomic E-state index is 14.7. The van der Waals surface area contributed by atoms with E-state index in [1.165, 1.54) is 21.9 Å². The number of carbonyl (C=O) groups excluding carboxylic acids is 4. The highest BCUT2D eigenvalue weighted by Crippen LogP contribution is 2.47. The molecule has 1 spiro atoms. The van der Waals surface area contributed by atoms with E-state index in [4.69, 9.17) is 0 Å². The van der Waals surface area contributed by atoms with Crippen molar-refractivity contribution in [2.24, 2.45) is 11.3 Å². The first kappa shape index (κ1) is 28.8. The minimum absolute atomic E-state index is 0.0204. The molecular weight excluding hydrogens is 549 g/mol. The Labute approximate surface area is 250 Å². The zero-order valence-corrected chi connectivity index (χ0v) is 24.7. The monoisotopic (exact) mass is 585 g/mol. The van der Waals surface area contributed by atoms with Gasteiger partial charge < -0.3 is 15.5 Å². The Hall–Kier alpha value is -4.26. The van der Waals surface area contributed by atoms with E-state index in [1.54, 1.807) is 12.1 Å². The predicted octanol–water partition coefficient (Wildman–Crippen LogP) is 3.82. The van der Waals surface area contributed by atoms with Gasteiger partial charge in [0, 0.05) is 31.0 Å². The summed E-state index contributed by atoms with van der Waals surface area (Å²) in [6, 6.07) is 10.7. The lowest BCUT2D eigenvalue weighted by Gasteiger charge is -2.42. The van der Waals surface area contributed by atoms with Crippen LogP contribution in [-0.2, 0) is 31.0 Å². The van der Waals surface area contributed by atoms with E-state index < -0.39 is 46.6 Å². The number of halogens is 1. The molecule has 43 heavy (non-hydrogen) atoms. The molecule has 10 heteroatoms. The molecule has 0 bridgehead atoms. The molecule has 3 heterocycles. The molecule has 2 aromatic carbocycles. The fraction of sp³-hybridized carbons (Fsp3) is 0.485. The molecule has 4 aliphatic rings. The van der Waals surface area contributed by atoms with Crippen LogP contribution in [0.2, 0.25) is 0 Å². The van der Waals surface area contributed by atoms with Crippen LogP contribution >= 0.6 is 0 Å². The van der Waals surface area contributed by atoms with Crippen molar-refractivity contribution in [3.63, 3.8) is 0 Å². The van der Waals surface area contributed by atoms with Crippen molar-refractivity contribution in [1.29, 1.82) is 5.26 Å². The van der Waals surface area contributed by atoms with Crippen LogP contribution in [0.5, 0.6) is 0 Å². The summed E-state index contributed by atoms with van der Waals surface area (Å²) in [6.07, 6.45) is 3.02. The van der Waals surface area contributed by atoms with Gasteiger partial charge in [-0.15, -0.1) is 0 Å². The Morgan fingerprint density at radius 1 is 1.19 bits per heavy atom. The second-order valence-corrected chi connectivity index (χ2v) is 13.6. The number of hydrogen-bond acceptors (Lipinski definition) is 5. The van der Waals surface area contributed by atoms with Crippen molar-refractivity contribution in [3.8, 4) is 6.07 Å². The molecule has 0 radical (unpaired) electrons. The van der Waals surface area contributed by atoms with E-state index >= 15 is 0 Å². The summed E-state index contributed by atoms with van der Waals surface area (Å²) >= 11 is 0. The average Bonchev–Trinajstić information content (AvgIpc) is 3.44. The quantitative estimate of drug-likeness (QED) is 0.553. The summed E-state index contributed by atoms with van der Waals surface area (Å²) in [7, 11) is 0. The Bertz CT molecular complexity index is 1560. The Morgan fingerprint density at radius 3 is 2.60 bits per heavy atom. The van der Waals surface area contributed by atoms with Gasteiger partial charge in [-0.25, -0.2) is 4.39 Å². The lowest BCUT2D eigenvalue weighted by molar-refractivity contribution is -0.137. The molecule has 1 saturated carbocycles. The molecule has 6 rings (SSSR count). The predicted molar refractivity (Wildman–Crippen MR) is 157 cm³/mol. The molecule has 224 valence electrons. The van der Waals surface area contributed by atoms with Crippen LogP contribution in [0.1, 0.15) is 64.0 Å². The van der Waals surface area contributed by atoms with Gasteiger partial charge in [0.05, 0.1) is 17.2 Å². The van der Waals surface area contributed by atoms with Gasteiger partial charge >= 0.3 is 0 Å². The molecule has 4 amide bonds. The molecule has 9 nitrogen and oxygen atoms in total. The SMILES string of the molecule is CC(C)(C)C[C@@H](C(=O)N1C[C@]2(C[C@H]1C#N)C(=O)Nc1ccccc12)N1C(=O)[C@@H](NC(=O)C2CCC2)Cc2ccc(F)cc21. The second-order valence-electron chi connectivity index (χ2n) is 13.6. The average molecular weight is 586 g/mol. The van der Waals surface area contributed by atoms with E-state index in [0.717, 1.165) is 24.8 Å². The van der Waals surface area contributed by atoms with Crippen molar-refractivity contribution < 1.29 is 23.6 Å². The Morgan fingerprint density at radius 2 is 1.93 bits per heavy atom. The minimum atomic E-state index is -1.10. The van der Waals surface area contributed by atoms with E-state index in [-0.39, 0.29) is 49.2 Å². The highest BCUT2D eigenvalue weighted by atomic mass is 19.1. The first-order chi connectivity index (χ1) is 20.4. The van der Waals surface area contributed by atoms with Crippen LogP contribution in [0, 0.1) is 28.5 Å². The van der Waals surface area contributed by atoms with Crippen molar-refractivity contribution in [1.82, 2.24) is 10.2 Å². The zero-order chi connectivity index (χ0) is 30.7. The number of nitriles is 1. The van der Waals surface area contributed by atoms with E-state index in [2.05, 4.69) is 16.7 Å². The number of benzene rings is 2. The highest BCUT2D eigenvalue weighted by molar-refractivity contribution is 6.09. The fourth-order valence-electron chi connectivity index (χ4n) is 6.97. The van der Waals surface area contributed by atoms with Crippen LogP contribution in [0.3, 0.4) is 0 Å². The number of carbonyl (C=O) groups is 4. The van der Waals surface area contributed by atoms with Gasteiger partial charge in [-0.3, -0.25) is 24.1 Å². The van der Waals surface area contributed by atoms with Crippen molar-refractivity contribution in [3.05, 3.63) is 59.4 Å². The first-order valence-electron chi connectivity index (χ1n) is 14.9. The maximum Gasteiger partial charge on any atom is 0.250 e. The van der Waals surface area contributed by atoms with E-state index in [0.29, 0.717) is 11.3 Å². The van der Waals surface area contributed by atoms with Crippen LogP contribution in [-0.4, -0.2) is 53.2 Å². The van der Waals surface area contributed by atoms with E-state index in [1.807, 2.05) is 39.0 Å². The fourth-order valence-corrected chi connectivity index (χ4v) is 6.97. The molecule has 0 aromatic heterocycles. The summed E-state index contributed by atoms with van der Waals surface area (Å²) in [4.78, 5) is 57.9. The molecule has 0 unspecified atom stereocenters. The Kier molecular flexibility index (Phi) is 7.03. The second kappa shape index (κ2) is 10.5. The summed E-state index contributed by atoms with van der Waals surface area (Å²) in [5.41, 5.74) is 0.786. The number of rotatable bonds is 5. The standard InChI is InChI=1S/C33H36FN5O4/c1-32(2,3)16-27(30(42)38-18-33(15-22(38)17-35)23-9-4-5-10-24(23)37-31(33)43)39-26-14-21(34)12-11-20(26)13-25(29(39)41)36-28(40)19-7-6-8-19/h4-5,9-12,14,19,22,25,27H,6-8,13,15-16,18H2,1-3H3,(H,36,40)(H,37,43)/t22-,25-,27-,33-/m0/s1. The number of fused-ring (bicyclic) bond motifs is 3. The number of nitrogens with one attached hydrogen (secondary N) is 2. The van der Waals surface area contributed by atoms with Gasteiger partial charge in [0.25, 0.3) is 5.91 Å². The first-order valence-corrected chi connectivity index (χ1v) is 14.9. The number of likely N-dealkylation sites (tertiary alicyclic amines) is 1. The van der Waals surface area contributed by atoms with Gasteiger partial charge in [0.2, 0.25) is 17.7 Å². The van der Waals surface area contributed by atoms with Crippen molar-refractivity contribution in [2.45, 2.75) is 82.8 Å². The molecular formula is C33H36FN5O4. The smallest absolute Gasteiger partial charge is 0.250 e. The maximum absolute atomic E-state index is 14.7. The van der Waals surface area contributed by atoms with Crippen LogP contribution < -0.4 is 15.5 Å². The molecule has 1 aliphatic carbocycles. The topological polar surface area (TPSA) is 123 Å². The Balaban J connectivity index is 1.39. The molecule has 2 fully saturated rings. The van der Waals surface area contributed by atoms with Crippen LogP contribution in [0.15, 0.2) is 42.5 Å². The van der Waals surface area contributed by atoms with Gasteiger partial charge in [-0.05, 0) is 54.0 Å². The van der Waals surface area contributed by atoms with Crippen molar-refractivity contribution >= 4 is 35.0 Å². The zero-order valence-electron chi connectivity index (χ0n) is 24.7. The lowest BCUT2D eigenvalue weighted by Crippen LogP contribution is -2.61.